The van der Waals surface area contributed by atoms with E-state index in [2.05, 4.69) is 20.9 Å². The van der Waals surface area contributed by atoms with Crippen molar-refractivity contribution in [3.05, 3.63) is 41.0 Å². The van der Waals surface area contributed by atoms with Gasteiger partial charge in [0.15, 0.2) is 0 Å². The van der Waals surface area contributed by atoms with E-state index in [1.54, 1.807) is 11.3 Å². The quantitative estimate of drug-likeness (QED) is 0.356. The number of thiazole rings is 1. The van der Waals surface area contributed by atoms with Gasteiger partial charge in [0.1, 0.15) is 18.7 Å². The third-order valence-electron chi connectivity index (χ3n) is 7.76. The molecule has 1 aromatic carbocycles. The second kappa shape index (κ2) is 13.4. The van der Waals surface area contributed by atoms with Crippen LogP contribution in [0.3, 0.4) is 0 Å². The van der Waals surface area contributed by atoms with Gasteiger partial charge in [-0.3, -0.25) is 14.4 Å². The summed E-state index contributed by atoms with van der Waals surface area (Å²) in [5.41, 5.74) is 4.17. The van der Waals surface area contributed by atoms with Crippen LogP contribution in [0.5, 0.6) is 0 Å². The number of hydrogen-bond acceptors (Lipinski definition) is 8. The van der Waals surface area contributed by atoms with Gasteiger partial charge < -0.3 is 30.7 Å². The van der Waals surface area contributed by atoms with Crippen molar-refractivity contribution in [2.45, 2.75) is 84.2 Å². The van der Waals surface area contributed by atoms with E-state index in [1.165, 1.54) is 4.90 Å². The van der Waals surface area contributed by atoms with Crippen LogP contribution in [0.2, 0.25) is 0 Å². The van der Waals surface area contributed by atoms with Crippen LogP contribution in [-0.4, -0.2) is 83.2 Å². The number of aliphatic hydroxyl groups is 1. The largest absolute Gasteiger partial charge is 0.391 e. The summed E-state index contributed by atoms with van der Waals surface area (Å²) in [4.78, 5) is 46.8. The minimum Gasteiger partial charge on any atom is -0.391 e. The van der Waals surface area contributed by atoms with Crippen LogP contribution in [0.1, 0.15) is 64.3 Å². The van der Waals surface area contributed by atoms with Crippen molar-refractivity contribution in [1.82, 2.24) is 25.8 Å². The number of ether oxygens (including phenoxy) is 1. The van der Waals surface area contributed by atoms with Gasteiger partial charge in [-0.05, 0) is 49.8 Å². The standard InChI is InChI=1S/C30H43N5O5S/c1-18(20-8-10-21(11-9-20)26-19(2)32-17-41-26)33-28(38)24-13-22(36)15-35(24)29(39)27(30(3,4)5)34-25(37)16-40-23-7-6-12-31-14-23/h8-11,17-18,22-24,27,31,36H,6-7,12-16H2,1-5H3,(H,33,38)(H,34,37)/t18?,22-,23?,24+,27?/m1/s1. The molecule has 2 fully saturated rings. The molecule has 41 heavy (non-hydrogen) atoms. The Bertz CT molecular complexity index is 1200. The molecule has 4 rings (SSSR count). The molecule has 3 unspecified atom stereocenters. The average molecular weight is 586 g/mol. The van der Waals surface area contributed by atoms with Gasteiger partial charge in [0.25, 0.3) is 0 Å². The van der Waals surface area contributed by atoms with Gasteiger partial charge in [0, 0.05) is 19.5 Å². The molecule has 0 saturated carbocycles. The maximum atomic E-state index is 13.8. The number of hydrogen-bond donors (Lipinski definition) is 4. The molecule has 3 amide bonds. The minimum atomic E-state index is -0.885. The lowest BCUT2D eigenvalue weighted by Gasteiger charge is -2.35. The number of β-amino-alcohol motifs (C(OH)–C–C–N with tert-alkyl or cyclic N) is 1. The highest BCUT2D eigenvalue weighted by molar-refractivity contribution is 7.13. The Morgan fingerprint density at radius 3 is 2.56 bits per heavy atom. The van der Waals surface area contributed by atoms with Crippen molar-refractivity contribution in [1.29, 1.82) is 0 Å². The topological polar surface area (TPSA) is 133 Å². The molecular formula is C30H43N5O5S. The van der Waals surface area contributed by atoms with Crippen LogP contribution in [0.15, 0.2) is 29.8 Å². The van der Waals surface area contributed by atoms with Crippen molar-refractivity contribution >= 4 is 29.1 Å². The molecule has 3 heterocycles. The van der Waals surface area contributed by atoms with Crippen molar-refractivity contribution in [2.75, 3.05) is 26.2 Å². The molecule has 11 heteroatoms. The van der Waals surface area contributed by atoms with E-state index in [-0.39, 0.29) is 49.4 Å². The highest BCUT2D eigenvalue weighted by Gasteiger charge is 2.44. The summed E-state index contributed by atoms with van der Waals surface area (Å²) in [6.45, 7) is 11.0. The Morgan fingerprint density at radius 2 is 1.95 bits per heavy atom. The Hall–Kier alpha value is -2.86. The van der Waals surface area contributed by atoms with Crippen LogP contribution in [-0.2, 0) is 19.1 Å². The number of nitrogens with one attached hydrogen (secondary N) is 3. The lowest BCUT2D eigenvalue weighted by Crippen LogP contribution is -2.58. The van der Waals surface area contributed by atoms with E-state index in [0.717, 1.165) is 41.1 Å². The smallest absolute Gasteiger partial charge is 0.246 e. The van der Waals surface area contributed by atoms with Gasteiger partial charge in [-0.2, -0.15) is 0 Å². The van der Waals surface area contributed by atoms with Gasteiger partial charge in [0.2, 0.25) is 17.7 Å². The molecule has 2 aliphatic heterocycles. The second-order valence-electron chi connectivity index (χ2n) is 12.2. The fourth-order valence-electron chi connectivity index (χ4n) is 5.37. The van der Waals surface area contributed by atoms with Gasteiger partial charge >= 0.3 is 0 Å². The van der Waals surface area contributed by atoms with Crippen molar-refractivity contribution < 1.29 is 24.2 Å². The number of nitrogens with zero attached hydrogens (tertiary/aromatic N) is 2. The first-order valence-corrected chi connectivity index (χ1v) is 15.2. The zero-order valence-corrected chi connectivity index (χ0v) is 25.4. The number of likely N-dealkylation sites (tertiary alicyclic amines) is 1. The number of piperidine rings is 1. The number of aryl methyl sites for hydroxylation is 1. The van der Waals surface area contributed by atoms with E-state index in [9.17, 15) is 19.5 Å². The summed E-state index contributed by atoms with van der Waals surface area (Å²) >= 11 is 1.59. The van der Waals surface area contributed by atoms with E-state index in [1.807, 2.05) is 64.4 Å². The van der Waals surface area contributed by atoms with Crippen LogP contribution in [0.4, 0.5) is 0 Å². The van der Waals surface area contributed by atoms with Crippen molar-refractivity contribution in [3.63, 3.8) is 0 Å². The van der Waals surface area contributed by atoms with E-state index in [0.29, 0.717) is 6.54 Å². The lowest BCUT2D eigenvalue weighted by molar-refractivity contribution is -0.145. The molecule has 2 aliphatic rings. The molecule has 2 saturated heterocycles. The highest BCUT2D eigenvalue weighted by atomic mass is 32.1. The van der Waals surface area contributed by atoms with E-state index in [4.69, 9.17) is 4.74 Å². The summed E-state index contributed by atoms with van der Waals surface area (Å²) in [5, 5.41) is 19.6. The fraction of sp³-hybridized carbons (Fsp3) is 0.600. The number of rotatable bonds is 9. The third kappa shape index (κ3) is 7.91. The Kier molecular flexibility index (Phi) is 10.2. The molecule has 4 N–H and O–H groups in total. The maximum Gasteiger partial charge on any atom is 0.246 e. The van der Waals surface area contributed by atoms with E-state index < -0.39 is 23.6 Å². The number of amides is 3. The van der Waals surface area contributed by atoms with Gasteiger partial charge in [-0.15, -0.1) is 11.3 Å². The molecule has 2 aromatic rings. The molecule has 0 radical (unpaired) electrons. The monoisotopic (exact) mass is 585 g/mol. The molecular weight excluding hydrogens is 542 g/mol. The number of aromatic nitrogens is 1. The summed E-state index contributed by atoms with van der Waals surface area (Å²) < 4.78 is 5.75. The predicted molar refractivity (Wildman–Crippen MR) is 158 cm³/mol. The third-order valence-corrected chi connectivity index (χ3v) is 8.74. The number of aliphatic hydroxyl groups excluding tert-OH is 1. The Morgan fingerprint density at radius 1 is 1.22 bits per heavy atom. The number of benzene rings is 1. The normalized spacial score (nSPS) is 22.7. The second-order valence-corrected chi connectivity index (χ2v) is 13.0. The average Bonchev–Trinajstić information content (AvgIpc) is 3.55. The van der Waals surface area contributed by atoms with Crippen LogP contribution in [0.25, 0.3) is 10.4 Å². The predicted octanol–water partition coefficient (Wildman–Crippen LogP) is 2.56. The number of carbonyl (C=O) groups is 3. The van der Waals surface area contributed by atoms with E-state index >= 15 is 0 Å². The summed E-state index contributed by atoms with van der Waals surface area (Å²) in [7, 11) is 0. The first-order chi connectivity index (χ1) is 19.4. The van der Waals surface area contributed by atoms with Gasteiger partial charge in [-0.25, -0.2) is 4.98 Å². The zero-order chi connectivity index (χ0) is 29.7. The van der Waals surface area contributed by atoms with Crippen molar-refractivity contribution in [2.24, 2.45) is 5.41 Å². The first-order valence-electron chi connectivity index (χ1n) is 14.3. The van der Waals surface area contributed by atoms with Crippen LogP contribution < -0.4 is 16.0 Å². The summed E-state index contributed by atoms with van der Waals surface area (Å²) in [6.07, 6.45) is 1.16. The van der Waals surface area contributed by atoms with Crippen molar-refractivity contribution in [3.8, 4) is 10.4 Å². The van der Waals surface area contributed by atoms with Gasteiger partial charge in [-0.1, -0.05) is 45.0 Å². The lowest BCUT2D eigenvalue weighted by atomic mass is 9.85. The molecule has 224 valence electrons. The maximum absolute atomic E-state index is 13.8. The SMILES string of the molecule is Cc1ncsc1-c1ccc(C(C)NC(=O)[C@@H]2C[C@@H](O)CN2C(=O)C(NC(=O)COC2CCCNC2)C(C)(C)C)cc1. The zero-order valence-electron chi connectivity index (χ0n) is 24.6. The minimum absolute atomic E-state index is 0.0287. The molecule has 0 bridgehead atoms. The highest BCUT2D eigenvalue weighted by Crippen LogP contribution is 2.29. The summed E-state index contributed by atoms with van der Waals surface area (Å²) in [5.74, 6) is -1.11. The molecule has 0 spiro atoms. The molecule has 10 nitrogen and oxygen atoms in total. The van der Waals surface area contributed by atoms with Gasteiger partial charge in [0.05, 0.1) is 34.3 Å². The fourth-order valence-corrected chi connectivity index (χ4v) is 6.19. The molecule has 1 aromatic heterocycles. The molecule has 5 atom stereocenters. The first kappa shape index (κ1) is 31.1. The molecule has 0 aliphatic carbocycles. The van der Waals surface area contributed by atoms with Crippen LogP contribution >= 0.6 is 11.3 Å². The number of carbonyl (C=O) groups excluding carboxylic acids is 3. The Balaban J connectivity index is 1.39. The summed E-state index contributed by atoms with van der Waals surface area (Å²) in [6, 6.07) is 5.94. The van der Waals surface area contributed by atoms with Crippen LogP contribution in [0, 0.1) is 12.3 Å². The Labute approximate surface area is 246 Å².